The lowest BCUT2D eigenvalue weighted by Gasteiger charge is -2.47. The first kappa shape index (κ1) is 11.3. The average Bonchev–Trinajstić information content (AvgIpc) is 2.39. The monoisotopic (exact) mass is 229 g/mol. The van der Waals surface area contributed by atoms with Crippen LogP contribution in [0.15, 0.2) is 30.3 Å². The van der Waals surface area contributed by atoms with E-state index in [0.29, 0.717) is 0 Å². The Morgan fingerprint density at radius 1 is 1.00 bits per heavy atom. The molecule has 0 bridgehead atoms. The highest BCUT2D eigenvalue weighted by molar-refractivity contribution is 5.22. The molecule has 2 fully saturated rings. The molecule has 1 nitrogen and oxygen atoms in total. The van der Waals surface area contributed by atoms with E-state index in [1.165, 1.54) is 38.6 Å². The third kappa shape index (κ3) is 2.13. The molecule has 0 aromatic heterocycles. The molecule has 0 radical (unpaired) electrons. The molecule has 0 unspecified atom stereocenters. The van der Waals surface area contributed by atoms with Crippen LogP contribution in [0.2, 0.25) is 0 Å². The first-order valence-corrected chi connectivity index (χ1v) is 7.11. The molecular weight excluding hydrogens is 206 g/mol. The van der Waals surface area contributed by atoms with E-state index in [0.717, 1.165) is 17.9 Å². The largest absolute Gasteiger partial charge is 0.303 e. The molecule has 1 aliphatic carbocycles. The number of nitrogens with zero attached hydrogens (tertiary/aromatic N) is 1. The fourth-order valence-corrected chi connectivity index (χ4v) is 4.07. The van der Waals surface area contributed by atoms with Crippen LogP contribution in [0.25, 0.3) is 0 Å². The van der Waals surface area contributed by atoms with Crippen LogP contribution in [-0.4, -0.2) is 24.5 Å². The molecule has 2 aliphatic rings. The number of piperidine rings is 1. The molecule has 1 aromatic rings. The predicted octanol–water partition coefficient (Wildman–Crippen LogP) is 3.66. The normalized spacial score (nSPS) is 34.3. The van der Waals surface area contributed by atoms with Crippen molar-refractivity contribution >= 4 is 0 Å². The highest BCUT2D eigenvalue weighted by atomic mass is 15.1. The smallest absolute Gasteiger partial charge is 0.0189 e. The summed E-state index contributed by atoms with van der Waals surface area (Å²) >= 11 is 0. The van der Waals surface area contributed by atoms with Gasteiger partial charge in [0.2, 0.25) is 0 Å². The van der Waals surface area contributed by atoms with Crippen molar-refractivity contribution < 1.29 is 0 Å². The van der Waals surface area contributed by atoms with E-state index >= 15 is 0 Å². The SMILES string of the molecule is CN1CCC[C@@H]2CCC[C@H](c3ccccc3)[C@@H]21. The van der Waals surface area contributed by atoms with Crippen LogP contribution < -0.4 is 0 Å². The lowest BCUT2D eigenvalue weighted by Crippen LogP contribution is -2.48. The van der Waals surface area contributed by atoms with Crippen molar-refractivity contribution in [2.75, 3.05) is 13.6 Å². The fourth-order valence-electron chi connectivity index (χ4n) is 4.07. The Labute approximate surface area is 105 Å². The molecule has 1 aromatic carbocycles. The maximum absolute atomic E-state index is 2.63. The van der Waals surface area contributed by atoms with Crippen LogP contribution in [0.4, 0.5) is 0 Å². The molecule has 0 spiro atoms. The minimum atomic E-state index is 0.778. The van der Waals surface area contributed by atoms with Gasteiger partial charge in [-0.2, -0.15) is 0 Å². The van der Waals surface area contributed by atoms with Crippen LogP contribution >= 0.6 is 0 Å². The van der Waals surface area contributed by atoms with E-state index in [9.17, 15) is 0 Å². The number of hydrogen-bond donors (Lipinski definition) is 0. The Morgan fingerprint density at radius 3 is 2.59 bits per heavy atom. The maximum atomic E-state index is 2.63. The Hall–Kier alpha value is -0.820. The Kier molecular flexibility index (Phi) is 3.19. The number of rotatable bonds is 1. The topological polar surface area (TPSA) is 3.24 Å². The third-order valence-corrected chi connectivity index (χ3v) is 4.81. The molecule has 0 N–H and O–H groups in total. The Bertz CT molecular complexity index is 357. The van der Waals surface area contributed by atoms with Crippen LogP contribution in [0.1, 0.15) is 43.6 Å². The number of hydrogen-bond acceptors (Lipinski definition) is 1. The van der Waals surface area contributed by atoms with Crippen molar-refractivity contribution in [3.05, 3.63) is 35.9 Å². The number of benzene rings is 1. The number of likely N-dealkylation sites (N-methyl/N-ethyl adjacent to an activating group) is 1. The fraction of sp³-hybridized carbons (Fsp3) is 0.625. The summed E-state index contributed by atoms with van der Waals surface area (Å²) in [5.74, 6) is 1.73. The first-order valence-electron chi connectivity index (χ1n) is 7.11. The van der Waals surface area contributed by atoms with Gasteiger partial charge in [-0.3, -0.25) is 0 Å². The molecule has 92 valence electrons. The molecule has 1 heteroatoms. The molecule has 17 heavy (non-hydrogen) atoms. The van der Waals surface area contributed by atoms with Crippen LogP contribution in [0, 0.1) is 5.92 Å². The van der Waals surface area contributed by atoms with Gasteiger partial charge in [-0.25, -0.2) is 0 Å². The van der Waals surface area contributed by atoms with Gasteiger partial charge in [0.25, 0.3) is 0 Å². The van der Waals surface area contributed by atoms with Crippen molar-refractivity contribution in [1.29, 1.82) is 0 Å². The van der Waals surface area contributed by atoms with Crippen molar-refractivity contribution in [2.45, 2.75) is 44.1 Å². The zero-order valence-electron chi connectivity index (χ0n) is 10.8. The van der Waals surface area contributed by atoms with Crippen LogP contribution in [-0.2, 0) is 0 Å². The number of likely N-dealkylation sites (tertiary alicyclic amines) is 1. The summed E-state index contributed by atoms with van der Waals surface area (Å²) in [5.41, 5.74) is 1.57. The second kappa shape index (κ2) is 4.81. The first-order chi connectivity index (χ1) is 8.36. The van der Waals surface area contributed by atoms with E-state index < -0.39 is 0 Å². The van der Waals surface area contributed by atoms with Gasteiger partial charge in [-0.15, -0.1) is 0 Å². The molecule has 1 aliphatic heterocycles. The Morgan fingerprint density at radius 2 is 1.76 bits per heavy atom. The van der Waals surface area contributed by atoms with E-state index in [1.54, 1.807) is 5.56 Å². The van der Waals surface area contributed by atoms with Crippen molar-refractivity contribution in [1.82, 2.24) is 4.90 Å². The van der Waals surface area contributed by atoms with E-state index in [1.807, 2.05) is 0 Å². The van der Waals surface area contributed by atoms with Gasteiger partial charge >= 0.3 is 0 Å². The summed E-state index contributed by atoms with van der Waals surface area (Å²) in [6.07, 6.45) is 7.12. The second-order valence-electron chi connectivity index (χ2n) is 5.82. The molecule has 3 rings (SSSR count). The van der Waals surface area contributed by atoms with Crippen molar-refractivity contribution in [3.63, 3.8) is 0 Å². The van der Waals surface area contributed by atoms with Gasteiger partial charge < -0.3 is 4.90 Å². The summed E-state index contributed by atoms with van der Waals surface area (Å²) in [7, 11) is 2.33. The zero-order chi connectivity index (χ0) is 11.7. The molecule has 3 atom stereocenters. The van der Waals surface area contributed by atoms with Gasteiger partial charge in [0.1, 0.15) is 0 Å². The van der Waals surface area contributed by atoms with Gasteiger partial charge in [-0.05, 0) is 56.7 Å². The zero-order valence-corrected chi connectivity index (χ0v) is 10.8. The molecule has 1 saturated heterocycles. The van der Waals surface area contributed by atoms with Gasteiger partial charge in [0.05, 0.1) is 0 Å². The second-order valence-corrected chi connectivity index (χ2v) is 5.82. The van der Waals surface area contributed by atoms with E-state index in [2.05, 4.69) is 42.3 Å². The third-order valence-electron chi connectivity index (χ3n) is 4.81. The van der Waals surface area contributed by atoms with E-state index in [-0.39, 0.29) is 0 Å². The molecular formula is C16H23N. The average molecular weight is 229 g/mol. The lowest BCUT2D eigenvalue weighted by atomic mass is 9.70. The van der Waals surface area contributed by atoms with Crippen LogP contribution in [0.3, 0.4) is 0 Å². The van der Waals surface area contributed by atoms with Gasteiger partial charge in [-0.1, -0.05) is 36.8 Å². The summed E-state index contributed by atoms with van der Waals surface area (Å²) in [6, 6.07) is 12.0. The predicted molar refractivity (Wildman–Crippen MR) is 72.2 cm³/mol. The minimum absolute atomic E-state index is 0.778. The standard InChI is InChI=1S/C16H23N/c1-17-12-6-10-14-9-5-11-15(16(14)17)13-7-3-2-4-8-13/h2-4,7-8,14-16H,5-6,9-12H2,1H3/t14-,15+,16+/m0/s1. The van der Waals surface area contributed by atoms with Crippen molar-refractivity contribution in [3.8, 4) is 0 Å². The maximum Gasteiger partial charge on any atom is 0.0189 e. The Balaban J connectivity index is 1.87. The van der Waals surface area contributed by atoms with Gasteiger partial charge in [0.15, 0.2) is 0 Å². The summed E-state index contributed by atoms with van der Waals surface area (Å²) < 4.78 is 0. The highest BCUT2D eigenvalue weighted by Crippen LogP contribution is 2.42. The summed E-state index contributed by atoms with van der Waals surface area (Å²) in [4.78, 5) is 2.63. The number of fused-ring (bicyclic) bond motifs is 1. The van der Waals surface area contributed by atoms with E-state index in [4.69, 9.17) is 0 Å². The van der Waals surface area contributed by atoms with Gasteiger partial charge in [0, 0.05) is 6.04 Å². The molecule has 1 saturated carbocycles. The molecule has 1 heterocycles. The highest BCUT2D eigenvalue weighted by Gasteiger charge is 2.38. The van der Waals surface area contributed by atoms with Crippen LogP contribution in [0.5, 0.6) is 0 Å². The molecule has 0 amide bonds. The van der Waals surface area contributed by atoms with Crippen molar-refractivity contribution in [2.24, 2.45) is 5.92 Å². The summed E-state index contributed by atoms with van der Waals surface area (Å²) in [6.45, 7) is 1.30. The quantitative estimate of drug-likeness (QED) is 0.710. The minimum Gasteiger partial charge on any atom is -0.303 e. The lowest BCUT2D eigenvalue weighted by molar-refractivity contribution is 0.0658. The summed E-state index contributed by atoms with van der Waals surface area (Å²) in [5, 5.41) is 0.